The smallest absolute Gasteiger partial charge is 0.229 e. The van der Waals surface area contributed by atoms with Crippen molar-refractivity contribution in [2.75, 3.05) is 39.3 Å². The van der Waals surface area contributed by atoms with E-state index in [2.05, 4.69) is 9.88 Å². The van der Waals surface area contributed by atoms with Gasteiger partial charge >= 0.3 is 0 Å². The molecule has 0 N–H and O–H groups in total. The second-order valence-corrected chi connectivity index (χ2v) is 6.35. The minimum Gasteiger partial charge on any atom is -0.341 e. The SMILES string of the molecule is Cl.O=CN1CCN(C(=O)Cc2ccccn2)C(CN2CCCC2)C1. The molecule has 0 radical (unpaired) electrons. The zero-order chi connectivity index (χ0) is 16.1. The van der Waals surface area contributed by atoms with Crippen molar-refractivity contribution in [3.05, 3.63) is 30.1 Å². The maximum absolute atomic E-state index is 12.7. The van der Waals surface area contributed by atoms with Gasteiger partial charge in [-0.3, -0.25) is 14.6 Å². The zero-order valence-electron chi connectivity index (χ0n) is 13.8. The van der Waals surface area contributed by atoms with E-state index in [1.165, 1.54) is 12.8 Å². The summed E-state index contributed by atoms with van der Waals surface area (Å²) in [4.78, 5) is 34.2. The monoisotopic (exact) mass is 352 g/mol. The van der Waals surface area contributed by atoms with Gasteiger partial charge in [0, 0.05) is 38.1 Å². The third-order valence-corrected chi connectivity index (χ3v) is 4.71. The molecule has 1 aromatic rings. The first-order valence-corrected chi connectivity index (χ1v) is 8.37. The third-order valence-electron chi connectivity index (χ3n) is 4.71. The molecule has 1 atom stereocenters. The van der Waals surface area contributed by atoms with Crippen LogP contribution < -0.4 is 0 Å². The van der Waals surface area contributed by atoms with Gasteiger partial charge in [0.2, 0.25) is 12.3 Å². The lowest BCUT2D eigenvalue weighted by Gasteiger charge is -2.41. The Morgan fingerprint density at radius 3 is 2.67 bits per heavy atom. The van der Waals surface area contributed by atoms with Crippen molar-refractivity contribution in [1.82, 2.24) is 19.7 Å². The summed E-state index contributed by atoms with van der Waals surface area (Å²) in [6.45, 7) is 4.92. The third kappa shape index (κ3) is 4.68. The van der Waals surface area contributed by atoms with Gasteiger partial charge < -0.3 is 14.7 Å². The van der Waals surface area contributed by atoms with E-state index >= 15 is 0 Å². The fourth-order valence-electron chi connectivity index (χ4n) is 3.48. The Bertz CT molecular complexity index is 537. The molecule has 132 valence electrons. The number of piperazine rings is 1. The first-order chi connectivity index (χ1) is 11.3. The highest BCUT2D eigenvalue weighted by Gasteiger charge is 2.31. The van der Waals surface area contributed by atoms with Gasteiger partial charge in [-0.05, 0) is 38.1 Å². The lowest BCUT2D eigenvalue weighted by atomic mass is 10.1. The summed E-state index contributed by atoms with van der Waals surface area (Å²) in [6, 6.07) is 5.73. The summed E-state index contributed by atoms with van der Waals surface area (Å²) in [7, 11) is 0. The Morgan fingerprint density at radius 1 is 1.21 bits per heavy atom. The van der Waals surface area contributed by atoms with Crippen LogP contribution in [0.5, 0.6) is 0 Å². The van der Waals surface area contributed by atoms with Gasteiger partial charge in [0.05, 0.1) is 12.5 Å². The maximum atomic E-state index is 12.7. The Labute approximate surface area is 149 Å². The minimum absolute atomic E-state index is 0. The van der Waals surface area contributed by atoms with E-state index in [1.54, 1.807) is 11.1 Å². The molecule has 2 aliphatic heterocycles. The highest BCUT2D eigenvalue weighted by atomic mass is 35.5. The molecule has 7 heteroatoms. The van der Waals surface area contributed by atoms with E-state index in [0.29, 0.717) is 26.1 Å². The van der Waals surface area contributed by atoms with Crippen LogP contribution in [0.1, 0.15) is 18.5 Å². The maximum Gasteiger partial charge on any atom is 0.229 e. The normalized spacial score (nSPS) is 21.4. The Hall–Kier alpha value is -1.66. The molecule has 0 saturated carbocycles. The number of aromatic nitrogens is 1. The summed E-state index contributed by atoms with van der Waals surface area (Å²) < 4.78 is 0. The van der Waals surface area contributed by atoms with Crippen molar-refractivity contribution in [1.29, 1.82) is 0 Å². The van der Waals surface area contributed by atoms with Crippen molar-refractivity contribution in [2.45, 2.75) is 25.3 Å². The first-order valence-electron chi connectivity index (χ1n) is 8.37. The number of nitrogens with zero attached hydrogens (tertiary/aromatic N) is 4. The number of amides is 2. The largest absolute Gasteiger partial charge is 0.341 e. The fourth-order valence-corrected chi connectivity index (χ4v) is 3.48. The number of hydrogen-bond donors (Lipinski definition) is 0. The predicted octanol–water partition coefficient (Wildman–Crippen LogP) is 0.811. The van der Waals surface area contributed by atoms with Crippen molar-refractivity contribution >= 4 is 24.7 Å². The molecule has 3 heterocycles. The van der Waals surface area contributed by atoms with Crippen LogP contribution >= 0.6 is 12.4 Å². The van der Waals surface area contributed by atoms with E-state index < -0.39 is 0 Å². The Morgan fingerprint density at radius 2 is 2.00 bits per heavy atom. The van der Waals surface area contributed by atoms with Crippen LogP contribution in [-0.4, -0.2) is 77.3 Å². The molecule has 24 heavy (non-hydrogen) atoms. The quantitative estimate of drug-likeness (QED) is 0.736. The number of carbonyl (C=O) groups is 2. The highest BCUT2D eigenvalue weighted by Crippen LogP contribution is 2.15. The average molecular weight is 353 g/mol. The zero-order valence-corrected chi connectivity index (χ0v) is 14.7. The van der Waals surface area contributed by atoms with Crippen molar-refractivity contribution in [3.63, 3.8) is 0 Å². The van der Waals surface area contributed by atoms with Crippen LogP contribution in [0, 0.1) is 0 Å². The second kappa shape index (κ2) is 8.99. The predicted molar refractivity (Wildman–Crippen MR) is 94.0 cm³/mol. The molecule has 2 aliphatic rings. The van der Waals surface area contributed by atoms with Crippen LogP contribution in [0.4, 0.5) is 0 Å². The number of pyridine rings is 1. The second-order valence-electron chi connectivity index (χ2n) is 6.35. The number of hydrogen-bond acceptors (Lipinski definition) is 4. The highest BCUT2D eigenvalue weighted by molar-refractivity contribution is 5.85. The van der Waals surface area contributed by atoms with Gasteiger partial charge in [-0.25, -0.2) is 0 Å². The van der Waals surface area contributed by atoms with Crippen LogP contribution in [0.25, 0.3) is 0 Å². The van der Waals surface area contributed by atoms with Gasteiger partial charge in [-0.1, -0.05) is 6.07 Å². The van der Waals surface area contributed by atoms with E-state index in [-0.39, 0.29) is 24.4 Å². The molecule has 0 aliphatic carbocycles. The summed E-state index contributed by atoms with van der Waals surface area (Å²) in [5, 5.41) is 0. The molecular formula is C17H25ClN4O2. The van der Waals surface area contributed by atoms with Crippen LogP contribution in [-0.2, 0) is 16.0 Å². The first kappa shape index (κ1) is 18.7. The molecule has 2 amide bonds. The van der Waals surface area contributed by atoms with Crippen molar-refractivity contribution in [2.24, 2.45) is 0 Å². The van der Waals surface area contributed by atoms with Crippen molar-refractivity contribution in [3.8, 4) is 0 Å². The minimum atomic E-state index is 0. The summed E-state index contributed by atoms with van der Waals surface area (Å²) in [6.07, 6.45) is 5.41. The van der Waals surface area contributed by atoms with Crippen LogP contribution in [0.3, 0.4) is 0 Å². The number of carbonyl (C=O) groups excluding carboxylic acids is 2. The molecular weight excluding hydrogens is 328 g/mol. The van der Waals surface area contributed by atoms with Crippen LogP contribution in [0.2, 0.25) is 0 Å². The molecule has 1 unspecified atom stereocenters. The van der Waals surface area contributed by atoms with Crippen molar-refractivity contribution < 1.29 is 9.59 Å². The Kier molecular flexibility index (Phi) is 6.99. The summed E-state index contributed by atoms with van der Waals surface area (Å²) >= 11 is 0. The van der Waals surface area contributed by atoms with Crippen LogP contribution in [0.15, 0.2) is 24.4 Å². The summed E-state index contributed by atoms with van der Waals surface area (Å²) in [5.74, 6) is 0.110. The number of rotatable bonds is 5. The number of likely N-dealkylation sites (tertiary alicyclic amines) is 1. The molecule has 1 aromatic heterocycles. The van der Waals surface area contributed by atoms with E-state index in [4.69, 9.17) is 0 Å². The van der Waals surface area contributed by atoms with Gasteiger partial charge in [0.15, 0.2) is 0 Å². The van der Waals surface area contributed by atoms with E-state index in [0.717, 1.165) is 31.7 Å². The average Bonchev–Trinajstić information content (AvgIpc) is 3.08. The van der Waals surface area contributed by atoms with Gasteiger partial charge in [0.1, 0.15) is 0 Å². The lowest BCUT2D eigenvalue weighted by Crippen LogP contribution is -2.58. The summed E-state index contributed by atoms with van der Waals surface area (Å²) in [5.41, 5.74) is 0.801. The Balaban J connectivity index is 0.00000208. The molecule has 0 aromatic carbocycles. The molecule has 0 spiro atoms. The molecule has 6 nitrogen and oxygen atoms in total. The molecule has 0 bridgehead atoms. The number of halogens is 1. The molecule has 2 fully saturated rings. The molecule has 3 rings (SSSR count). The standard InChI is InChI=1S/C17H24N4O2.ClH/c22-14-20-9-10-21(16(13-20)12-19-7-3-4-8-19)17(23)11-15-5-1-2-6-18-15;/h1-2,5-6,14,16H,3-4,7-13H2;1H. The van der Waals surface area contributed by atoms with E-state index in [1.807, 2.05) is 23.1 Å². The lowest BCUT2D eigenvalue weighted by molar-refractivity contribution is -0.138. The van der Waals surface area contributed by atoms with Gasteiger partial charge in [-0.2, -0.15) is 0 Å². The fraction of sp³-hybridized carbons (Fsp3) is 0.588. The van der Waals surface area contributed by atoms with E-state index in [9.17, 15) is 9.59 Å². The topological polar surface area (TPSA) is 56.8 Å². The van der Waals surface area contributed by atoms with Gasteiger partial charge in [-0.15, -0.1) is 12.4 Å². The van der Waals surface area contributed by atoms with Gasteiger partial charge in [0.25, 0.3) is 0 Å². The molecule has 2 saturated heterocycles.